The Morgan fingerprint density at radius 3 is 1.84 bits per heavy atom. The number of aliphatic hydroxyl groups is 1. The van der Waals surface area contributed by atoms with Crippen molar-refractivity contribution >= 4 is 24.0 Å². The molecule has 1 N–H and O–H groups in total. The highest BCUT2D eigenvalue weighted by molar-refractivity contribution is 5.91. The van der Waals surface area contributed by atoms with Crippen LogP contribution in [0.25, 0.3) is 6.08 Å². The van der Waals surface area contributed by atoms with Crippen molar-refractivity contribution in [3.63, 3.8) is 0 Å². The summed E-state index contributed by atoms with van der Waals surface area (Å²) in [6, 6.07) is 25.9. The molecule has 5 rings (SSSR count). The van der Waals surface area contributed by atoms with Gasteiger partial charge in [-0.1, -0.05) is 61.5 Å². The predicted molar refractivity (Wildman–Crippen MR) is 161 cm³/mol. The van der Waals surface area contributed by atoms with Gasteiger partial charge in [-0.3, -0.25) is 4.79 Å². The maximum atomic E-state index is 13.4. The zero-order chi connectivity index (χ0) is 31.8. The fraction of sp³-hybridized carbons (Fsp3) is 0.206. The highest BCUT2D eigenvalue weighted by atomic mass is 16.7. The number of benzene rings is 3. The van der Waals surface area contributed by atoms with Crippen molar-refractivity contribution in [3.8, 4) is 0 Å². The fourth-order valence-corrected chi connectivity index (χ4v) is 4.68. The number of hydrogen-bond donors (Lipinski definition) is 1. The van der Waals surface area contributed by atoms with Gasteiger partial charge in [-0.2, -0.15) is 4.98 Å². The maximum Gasteiger partial charge on any atom is 0.338 e. The first-order chi connectivity index (χ1) is 21.8. The molecule has 3 aromatic carbocycles. The first kappa shape index (κ1) is 30.9. The number of carbonyl (C=O) groups is 3. The van der Waals surface area contributed by atoms with E-state index in [9.17, 15) is 24.3 Å². The van der Waals surface area contributed by atoms with E-state index in [1.165, 1.54) is 22.9 Å². The van der Waals surface area contributed by atoms with Crippen molar-refractivity contribution < 1.29 is 38.4 Å². The highest BCUT2D eigenvalue weighted by Gasteiger charge is 2.51. The minimum atomic E-state index is -1.31. The van der Waals surface area contributed by atoms with E-state index in [4.69, 9.17) is 18.9 Å². The second kappa shape index (κ2) is 14.3. The number of hydrogen-bond acceptors (Lipinski definition) is 10. The van der Waals surface area contributed by atoms with Gasteiger partial charge in [-0.25, -0.2) is 14.4 Å². The van der Waals surface area contributed by atoms with Gasteiger partial charge in [0.1, 0.15) is 18.5 Å². The summed E-state index contributed by atoms with van der Waals surface area (Å²) >= 11 is 0. The largest absolute Gasteiger partial charge is 0.512 e. The molecule has 1 fully saturated rings. The fourth-order valence-electron chi connectivity index (χ4n) is 4.68. The summed E-state index contributed by atoms with van der Waals surface area (Å²) in [7, 11) is 0. The van der Waals surface area contributed by atoms with Crippen LogP contribution < -0.4 is 5.56 Å². The minimum absolute atomic E-state index is 0.00248. The van der Waals surface area contributed by atoms with E-state index < -0.39 is 48.0 Å². The van der Waals surface area contributed by atoms with E-state index in [1.54, 1.807) is 97.9 Å². The summed E-state index contributed by atoms with van der Waals surface area (Å²) in [6.45, 7) is 1.33. The molecule has 1 aliphatic rings. The van der Waals surface area contributed by atoms with Gasteiger partial charge in [0.2, 0.25) is 0 Å². The van der Waals surface area contributed by atoms with Crippen LogP contribution in [0.5, 0.6) is 0 Å². The summed E-state index contributed by atoms with van der Waals surface area (Å²) in [5.74, 6) is -2.18. The molecule has 4 aromatic rings. The molecule has 230 valence electrons. The van der Waals surface area contributed by atoms with Crippen molar-refractivity contribution in [2.75, 3.05) is 6.61 Å². The zero-order valence-corrected chi connectivity index (χ0v) is 24.2. The molecule has 45 heavy (non-hydrogen) atoms. The topological polar surface area (TPSA) is 143 Å². The molecule has 1 saturated heterocycles. The monoisotopic (exact) mass is 610 g/mol. The third-order valence-corrected chi connectivity index (χ3v) is 6.98. The molecule has 0 aliphatic carbocycles. The smallest absolute Gasteiger partial charge is 0.338 e. The van der Waals surface area contributed by atoms with Crippen LogP contribution in [-0.4, -0.2) is 57.5 Å². The van der Waals surface area contributed by atoms with E-state index in [2.05, 4.69) is 4.98 Å². The molecule has 11 heteroatoms. The van der Waals surface area contributed by atoms with Gasteiger partial charge < -0.3 is 28.6 Å². The molecule has 0 radical (unpaired) electrons. The Hall–Kier alpha value is -5.55. The van der Waals surface area contributed by atoms with Gasteiger partial charge in [0.05, 0.1) is 22.4 Å². The lowest BCUT2D eigenvalue weighted by molar-refractivity contribution is -0.0629. The Morgan fingerprint density at radius 2 is 1.31 bits per heavy atom. The van der Waals surface area contributed by atoms with Crippen molar-refractivity contribution in [2.45, 2.75) is 37.9 Å². The number of nitrogens with zero attached hydrogens (tertiary/aromatic N) is 2. The summed E-state index contributed by atoms with van der Waals surface area (Å²) in [5.41, 5.74) is 0.169. The van der Waals surface area contributed by atoms with Gasteiger partial charge >= 0.3 is 17.9 Å². The molecule has 0 unspecified atom stereocenters. The van der Waals surface area contributed by atoms with Crippen LogP contribution >= 0.6 is 0 Å². The number of allylic oxidation sites excluding steroid dienone is 1. The Bertz CT molecular complexity index is 1720. The van der Waals surface area contributed by atoms with Gasteiger partial charge in [0.25, 0.3) is 5.56 Å². The number of rotatable bonds is 10. The Labute approximate surface area is 258 Å². The molecule has 0 amide bonds. The number of aliphatic hydroxyl groups excluding tert-OH is 1. The molecule has 2 heterocycles. The summed E-state index contributed by atoms with van der Waals surface area (Å²) < 4.78 is 25.1. The molecular weight excluding hydrogens is 580 g/mol. The van der Waals surface area contributed by atoms with E-state index in [0.717, 1.165) is 0 Å². The Balaban J connectivity index is 1.55. The van der Waals surface area contributed by atoms with Crippen molar-refractivity contribution in [2.24, 2.45) is 0 Å². The van der Waals surface area contributed by atoms with Crippen molar-refractivity contribution in [1.29, 1.82) is 0 Å². The van der Waals surface area contributed by atoms with Gasteiger partial charge in [0, 0.05) is 24.8 Å². The minimum Gasteiger partial charge on any atom is -0.512 e. The molecule has 11 nitrogen and oxygen atoms in total. The number of ether oxygens (including phenoxy) is 4. The van der Waals surface area contributed by atoms with Gasteiger partial charge in [-0.15, -0.1) is 0 Å². The van der Waals surface area contributed by atoms with E-state index >= 15 is 0 Å². The number of aromatic nitrogens is 2. The molecule has 0 bridgehead atoms. The lowest BCUT2D eigenvalue weighted by Gasteiger charge is -2.26. The summed E-state index contributed by atoms with van der Waals surface area (Å²) in [5, 5.41) is 10.3. The van der Waals surface area contributed by atoms with Crippen LogP contribution in [0.3, 0.4) is 0 Å². The molecule has 0 spiro atoms. The standard InChI is InChI=1S/C34H30N2O9/c1-2-25(37)20-27-35-28(38)18-19-36(27)31-30(45-34(41)24-16-10-5-11-17-24)29(44-33(40)23-14-8-4-9-15-23)26(43-31)21-42-32(39)22-12-6-3-7-13-22/h3-20,26,29-31,37H,2,21H2,1H3/b25-20+/t26-,29-,30-,31-/m1/s1. The van der Waals surface area contributed by atoms with Crippen LogP contribution in [0.4, 0.5) is 0 Å². The molecule has 1 aromatic heterocycles. The highest BCUT2D eigenvalue weighted by Crippen LogP contribution is 2.36. The number of esters is 3. The quantitative estimate of drug-likeness (QED) is 0.152. The van der Waals surface area contributed by atoms with Crippen LogP contribution in [0.1, 0.15) is 56.5 Å². The van der Waals surface area contributed by atoms with E-state index in [1.807, 2.05) is 0 Å². The average molecular weight is 611 g/mol. The first-order valence-corrected chi connectivity index (χ1v) is 14.2. The normalized spacial score (nSPS) is 19.4. The SMILES string of the molecule is CC/C(O)=C\c1nc(=O)ccn1[C@@H]1O[C@H](COC(=O)c2ccccc2)[C@@H](OC(=O)c2ccccc2)[C@H]1OC(=O)c1ccccc1. The summed E-state index contributed by atoms with van der Waals surface area (Å²) in [6.07, 6.45) is -2.05. The van der Waals surface area contributed by atoms with E-state index in [0.29, 0.717) is 5.56 Å². The van der Waals surface area contributed by atoms with Crippen LogP contribution in [-0.2, 0) is 18.9 Å². The second-order valence-corrected chi connectivity index (χ2v) is 10.0. The molecule has 4 atom stereocenters. The van der Waals surface area contributed by atoms with Crippen LogP contribution in [0.2, 0.25) is 0 Å². The Kier molecular flexibility index (Phi) is 9.80. The molecular formula is C34H30N2O9. The van der Waals surface area contributed by atoms with Crippen LogP contribution in [0, 0.1) is 0 Å². The van der Waals surface area contributed by atoms with Crippen LogP contribution in [0.15, 0.2) is 114 Å². The zero-order valence-electron chi connectivity index (χ0n) is 24.2. The van der Waals surface area contributed by atoms with Gasteiger partial charge in [0.15, 0.2) is 18.4 Å². The van der Waals surface area contributed by atoms with Crippen molar-refractivity contribution in [3.05, 3.63) is 142 Å². The predicted octanol–water partition coefficient (Wildman–Crippen LogP) is 4.76. The van der Waals surface area contributed by atoms with Gasteiger partial charge in [-0.05, 0) is 36.4 Å². The molecule has 1 aliphatic heterocycles. The van der Waals surface area contributed by atoms with E-state index in [-0.39, 0.29) is 35.7 Å². The van der Waals surface area contributed by atoms with Crippen molar-refractivity contribution in [1.82, 2.24) is 9.55 Å². The lowest BCUT2D eigenvalue weighted by Crippen LogP contribution is -2.41. The second-order valence-electron chi connectivity index (χ2n) is 10.0. The lowest BCUT2D eigenvalue weighted by atomic mass is 10.1. The maximum absolute atomic E-state index is 13.4. The third kappa shape index (κ3) is 7.51. The number of carbonyl (C=O) groups excluding carboxylic acids is 3. The molecule has 0 saturated carbocycles. The summed E-state index contributed by atoms with van der Waals surface area (Å²) in [4.78, 5) is 55.8. The average Bonchev–Trinajstić information content (AvgIpc) is 3.40. The third-order valence-electron chi connectivity index (χ3n) is 6.98. The first-order valence-electron chi connectivity index (χ1n) is 14.2. The Morgan fingerprint density at radius 1 is 0.800 bits per heavy atom.